The van der Waals surface area contributed by atoms with E-state index in [2.05, 4.69) is 15.5 Å². The zero-order chi connectivity index (χ0) is 16.1. The molecule has 1 aliphatic heterocycles. The van der Waals surface area contributed by atoms with Gasteiger partial charge in [-0.2, -0.15) is 5.10 Å². The number of benzene rings is 1. The average Bonchev–Trinajstić information content (AvgIpc) is 2.86. The summed E-state index contributed by atoms with van der Waals surface area (Å²) in [7, 11) is 1.44. The van der Waals surface area contributed by atoms with Gasteiger partial charge < -0.3 is 14.8 Å². The molecule has 0 atom stereocenters. The van der Waals surface area contributed by atoms with Crippen LogP contribution in [0, 0.1) is 0 Å². The lowest BCUT2D eigenvalue weighted by Gasteiger charge is -2.10. The molecule has 1 aliphatic rings. The molecule has 1 heterocycles. The molecule has 0 spiro atoms. The van der Waals surface area contributed by atoms with Gasteiger partial charge in [-0.05, 0) is 12.1 Å². The van der Waals surface area contributed by atoms with Gasteiger partial charge in [0.1, 0.15) is 0 Å². The molecule has 22 heavy (non-hydrogen) atoms. The van der Waals surface area contributed by atoms with Gasteiger partial charge in [0, 0.05) is 12.5 Å². The molecule has 0 bridgehead atoms. The van der Waals surface area contributed by atoms with Crippen molar-refractivity contribution in [1.29, 1.82) is 0 Å². The van der Waals surface area contributed by atoms with Crippen molar-refractivity contribution in [2.45, 2.75) is 6.92 Å². The number of methoxy groups -OCH3 is 1. The maximum Gasteiger partial charge on any atom is 0.308 e. The van der Waals surface area contributed by atoms with Gasteiger partial charge in [-0.1, -0.05) is 23.4 Å². The molecule has 2 rings (SSSR count). The fourth-order valence-corrected chi connectivity index (χ4v) is 2.47. The minimum Gasteiger partial charge on any atom is -0.493 e. The number of thioether (sulfide) groups is 1. The summed E-state index contributed by atoms with van der Waals surface area (Å²) in [6.07, 6.45) is 1.45. The molecular formula is C13H12ClN3O4S. The van der Waals surface area contributed by atoms with Gasteiger partial charge >= 0.3 is 5.97 Å². The van der Waals surface area contributed by atoms with E-state index in [1.165, 1.54) is 32.0 Å². The van der Waals surface area contributed by atoms with E-state index in [0.717, 1.165) is 0 Å². The predicted octanol–water partition coefficient (Wildman–Crippen LogP) is 1.83. The van der Waals surface area contributed by atoms with E-state index in [4.69, 9.17) is 21.1 Å². The second kappa shape index (κ2) is 7.28. The monoisotopic (exact) mass is 341 g/mol. The van der Waals surface area contributed by atoms with Gasteiger partial charge in [-0.25, -0.2) is 0 Å². The number of amides is 1. The summed E-state index contributed by atoms with van der Waals surface area (Å²) < 4.78 is 10.1. The molecule has 1 aromatic carbocycles. The van der Waals surface area contributed by atoms with Gasteiger partial charge in [0.2, 0.25) is 5.91 Å². The van der Waals surface area contributed by atoms with E-state index in [1.54, 1.807) is 12.1 Å². The second-order valence-electron chi connectivity index (χ2n) is 4.11. The maximum absolute atomic E-state index is 11.0. The summed E-state index contributed by atoms with van der Waals surface area (Å²) in [6.45, 7) is 1.27. The SMILES string of the molecule is COc1cc(C=NN=C2NC(=O)CS2)cc(Cl)c1OC(C)=O. The van der Waals surface area contributed by atoms with Crippen molar-refractivity contribution in [2.75, 3.05) is 12.9 Å². The Morgan fingerprint density at radius 1 is 1.50 bits per heavy atom. The van der Waals surface area contributed by atoms with E-state index in [1.807, 2.05) is 0 Å². The summed E-state index contributed by atoms with van der Waals surface area (Å²) in [4.78, 5) is 22.0. The Balaban J connectivity index is 2.20. The van der Waals surface area contributed by atoms with Gasteiger partial charge in [0.05, 0.1) is 24.1 Å². The fraction of sp³-hybridized carbons (Fsp3) is 0.231. The number of halogens is 1. The Bertz CT molecular complexity index is 675. The van der Waals surface area contributed by atoms with Crippen LogP contribution in [0.25, 0.3) is 0 Å². The summed E-state index contributed by atoms with van der Waals surface area (Å²) in [5.41, 5.74) is 0.608. The maximum atomic E-state index is 11.0. The average molecular weight is 342 g/mol. The Hall–Kier alpha value is -2.06. The molecule has 9 heteroatoms. The van der Waals surface area contributed by atoms with Crippen LogP contribution in [0.5, 0.6) is 11.5 Å². The van der Waals surface area contributed by atoms with Crippen LogP contribution in [-0.4, -0.2) is 36.1 Å². The van der Waals surface area contributed by atoms with Crippen LogP contribution in [0.15, 0.2) is 22.3 Å². The summed E-state index contributed by atoms with van der Waals surface area (Å²) in [5, 5.41) is 11.0. The van der Waals surface area contributed by atoms with Crippen molar-refractivity contribution in [2.24, 2.45) is 10.2 Å². The lowest BCUT2D eigenvalue weighted by molar-refractivity contribution is -0.132. The molecule has 1 saturated heterocycles. The third-order valence-electron chi connectivity index (χ3n) is 2.44. The molecular weight excluding hydrogens is 330 g/mol. The predicted molar refractivity (Wildman–Crippen MR) is 84.9 cm³/mol. The molecule has 7 nitrogen and oxygen atoms in total. The molecule has 1 N–H and O–H groups in total. The largest absolute Gasteiger partial charge is 0.493 e. The molecule has 1 aromatic rings. The molecule has 1 fully saturated rings. The van der Waals surface area contributed by atoms with Crippen LogP contribution >= 0.6 is 23.4 Å². The first-order chi connectivity index (χ1) is 10.5. The lowest BCUT2D eigenvalue weighted by Crippen LogP contribution is -2.19. The Morgan fingerprint density at radius 3 is 2.86 bits per heavy atom. The number of carbonyl (C=O) groups is 2. The normalized spacial score (nSPS) is 16.1. The topological polar surface area (TPSA) is 89.3 Å². The standard InChI is InChI=1S/C13H12ClN3O4S/c1-7(18)21-12-9(14)3-8(4-10(12)20-2)5-15-17-13-16-11(19)6-22-13/h3-5H,6H2,1-2H3,(H,16,17,19). The highest BCUT2D eigenvalue weighted by Crippen LogP contribution is 2.36. The third-order valence-corrected chi connectivity index (χ3v) is 3.58. The first kappa shape index (κ1) is 16.3. The number of hydrogen-bond acceptors (Lipinski definition) is 7. The van der Waals surface area contributed by atoms with Gasteiger partial charge in [-0.3, -0.25) is 9.59 Å². The Morgan fingerprint density at radius 2 is 2.27 bits per heavy atom. The Labute approximate surface area is 135 Å². The van der Waals surface area contributed by atoms with E-state index in [0.29, 0.717) is 22.2 Å². The highest BCUT2D eigenvalue weighted by molar-refractivity contribution is 8.15. The Kier molecular flexibility index (Phi) is 5.40. The van der Waals surface area contributed by atoms with Crippen molar-refractivity contribution < 1.29 is 19.1 Å². The third kappa shape index (κ3) is 4.22. The first-order valence-electron chi connectivity index (χ1n) is 6.09. The van der Waals surface area contributed by atoms with Crippen LogP contribution in [0.1, 0.15) is 12.5 Å². The number of carbonyl (C=O) groups excluding carboxylic acids is 2. The number of rotatable bonds is 4. The van der Waals surface area contributed by atoms with Crippen LogP contribution in [0.3, 0.4) is 0 Å². The van der Waals surface area contributed by atoms with E-state index >= 15 is 0 Å². The summed E-state index contributed by atoms with van der Waals surface area (Å²) >= 11 is 7.34. The zero-order valence-electron chi connectivity index (χ0n) is 11.8. The van der Waals surface area contributed by atoms with Gasteiger partial charge in [-0.15, -0.1) is 5.10 Å². The lowest BCUT2D eigenvalue weighted by atomic mass is 10.2. The first-order valence-corrected chi connectivity index (χ1v) is 7.45. The highest BCUT2D eigenvalue weighted by Gasteiger charge is 2.16. The zero-order valence-corrected chi connectivity index (χ0v) is 13.3. The number of nitrogens with zero attached hydrogens (tertiary/aromatic N) is 2. The number of ether oxygens (including phenoxy) is 2. The molecule has 0 aromatic heterocycles. The molecule has 116 valence electrons. The minimum atomic E-state index is -0.498. The minimum absolute atomic E-state index is 0.102. The summed E-state index contributed by atoms with van der Waals surface area (Å²) in [6, 6.07) is 3.17. The van der Waals surface area contributed by atoms with Crippen molar-refractivity contribution in [3.8, 4) is 11.5 Å². The molecule has 0 unspecified atom stereocenters. The number of esters is 1. The van der Waals surface area contributed by atoms with Gasteiger partial charge in [0.15, 0.2) is 16.7 Å². The molecule has 0 radical (unpaired) electrons. The van der Waals surface area contributed by atoms with Crippen LogP contribution < -0.4 is 14.8 Å². The van der Waals surface area contributed by atoms with Crippen LogP contribution in [0.4, 0.5) is 0 Å². The van der Waals surface area contributed by atoms with Crippen LogP contribution in [0.2, 0.25) is 5.02 Å². The van der Waals surface area contributed by atoms with E-state index < -0.39 is 5.97 Å². The van der Waals surface area contributed by atoms with Crippen molar-refractivity contribution in [3.63, 3.8) is 0 Å². The number of amidine groups is 1. The van der Waals surface area contributed by atoms with Crippen molar-refractivity contribution in [1.82, 2.24) is 5.32 Å². The highest BCUT2D eigenvalue weighted by atomic mass is 35.5. The number of hydrogen-bond donors (Lipinski definition) is 1. The summed E-state index contributed by atoms with van der Waals surface area (Å²) in [5.74, 6) is 0.195. The quantitative estimate of drug-likeness (QED) is 0.390. The van der Waals surface area contributed by atoms with Crippen molar-refractivity contribution in [3.05, 3.63) is 22.7 Å². The second-order valence-corrected chi connectivity index (χ2v) is 5.49. The van der Waals surface area contributed by atoms with E-state index in [-0.39, 0.29) is 16.7 Å². The smallest absolute Gasteiger partial charge is 0.308 e. The molecule has 0 aliphatic carbocycles. The van der Waals surface area contributed by atoms with Crippen LogP contribution in [-0.2, 0) is 9.59 Å². The van der Waals surface area contributed by atoms with Gasteiger partial charge in [0.25, 0.3) is 0 Å². The van der Waals surface area contributed by atoms with Crippen molar-refractivity contribution >= 4 is 46.6 Å². The molecule has 1 amide bonds. The number of nitrogens with one attached hydrogen (secondary N) is 1. The fourth-order valence-electron chi connectivity index (χ4n) is 1.58. The van der Waals surface area contributed by atoms with E-state index in [9.17, 15) is 9.59 Å². The molecule has 0 saturated carbocycles.